The molecule has 104 valence electrons. The lowest BCUT2D eigenvalue weighted by atomic mass is 10.2. The molecule has 0 aliphatic carbocycles. The average Bonchev–Trinajstić information content (AvgIpc) is 2.41. The van der Waals surface area contributed by atoms with Crippen molar-refractivity contribution in [2.75, 3.05) is 0 Å². The zero-order valence-electron chi connectivity index (χ0n) is 9.98. The molecule has 0 aliphatic heterocycles. The summed E-state index contributed by atoms with van der Waals surface area (Å²) in [5, 5.41) is 11.1. The molecule has 2 aromatic carbocycles. The lowest BCUT2D eigenvalue weighted by molar-refractivity contribution is -0.387. The third-order valence-corrected chi connectivity index (χ3v) is 3.05. The normalized spacial score (nSPS) is 10.3. The minimum atomic E-state index is -0.995. The third kappa shape index (κ3) is 3.37. The van der Waals surface area contributed by atoms with Gasteiger partial charge in [0.2, 0.25) is 5.82 Å². The van der Waals surface area contributed by atoms with Gasteiger partial charge in [0.1, 0.15) is 12.4 Å². The third-order valence-electron chi connectivity index (χ3n) is 2.51. The van der Waals surface area contributed by atoms with E-state index in [1.54, 1.807) is 24.3 Å². The van der Waals surface area contributed by atoms with Gasteiger partial charge in [-0.3, -0.25) is 10.1 Å². The van der Waals surface area contributed by atoms with Crippen LogP contribution in [0.2, 0.25) is 10.0 Å². The number of ether oxygens (including phenoxy) is 1. The van der Waals surface area contributed by atoms with Gasteiger partial charge in [-0.1, -0.05) is 35.3 Å². The van der Waals surface area contributed by atoms with Gasteiger partial charge in [0, 0.05) is 17.2 Å². The van der Waals surface area contributed by atoms with Crippen molar-refractivity contribution in [2.24, 2.45) is 0 Å². The van der Waals surface area contributed by atoms with Crippen molar-refractivity contribution in [1.29, 1.82) is 0 Å². The molecule has 0 atom stereocenters. The first-order valence-electron chi connectivity index (χ1n) is 5.48. The van der Waals surface area contributed by atoms with E-state index in [9.17, 15) is 14.5 Å². The van der Waals surface area contributed by atoms with Crippen molar-refractivity contribution in [1.82, 2.24) is 0 Å². The molecule has 0 N–H and O–H groups in total. The number of halogens is 3. The smallest absolute Gasteiger partial charge is 0.306 e. The van der Waals surface area contributed by atoms with Crippen LogP contribution in [0.25, 0.3) is 0 Å². The van der Waals surface area contributed by atoms with Crippen molar-refractivity contribution in [2.45, 2.75) is 6.61 Å². The van der Waals surface area contributed by atoms with Crippen LogP contribution in [-0.2, 0) is 6.61 Å². The van der Waals surface area contributed by atoms with Gasteiger partial charge in [0.25, 0.3) is 0 Å². The Hall–Kier alpha value is -1.85. The van der Waals surface area contributed by atoms with Gasteiger partial charge in [0.15, 0.2) is 0 Å². The topological polar surface area (TPSA) is 52.4 Å². The summed E-state index contributed by atoms with van der Waals surface area (Å²) in [7, 11) is 0. The molecule has 2 aromatic rings. The summed E-state index contributed by atoms with van der Waals surface area (Å²) < 4.78 is 18.8. The standard InChI is InChI=1S/C13H8Cl2FNO3/c14-9-3-1-8(2-4-9)7-20-13-6-11(16)12(17(18)19)5-10(13)15/h1-6H,7H2. The van der Waals surface area contributed by atoms with Gasteiger partial charge in [-0.25, -0.2) is 0 Å². The van der Waals surface area contributed by atoms with E-state index < -0.39 is 16.4 Å². The molecule has 0 fully saturated rings. The maximum absolute atomic E-state index is 13.5. The Morgan fingerprint density at radius 3 is 2.45 bits per heavy atom. The number of nitro benzene ring substituents is 1. The van der Waals surface area contributed by atoms with E-state index in [1.165, 1.54) is 0 Å². The van der Waals surface area contributed by atoms with E-state index in [0.717, 1.165) is 17.7 Å². The highest BCUT2D eigenvalue weighted by Gasteiger charge is 2.18. The maximum atomic E-state index is 13.5. The van der Waals surface area contributed by atoms with Crippen molar-refractivity contribution in [3.8, 4) is 5.75 Å². The molecule has 0 amide bonds. The largest absolute Gasteiger partial charge is 0.487 e. The summed E-state index contributed by atoms with van der Waals surface area (Å²) in [4.78, 5) is 9.71. The highest BCUT2D eigenvalue weighted by Crippen LogP contribution is 2.32. The fourth-order valence-corrected chi connectivity index (χ4v) is 1.85. The predicted octanol–water partition coefficient (Wildman–Crippen LogP) is 4.62. The fraction of sp³-hybridized carbons (Fsp3) is 0.0769. The highest BCUT2D eigenvalue weighted by molar-refractivity contribution is 6.32. The Balaban J connectivity index is 2.16. The van der Waals surface area contributed by atoms with E-state index >= 15 is 0 Å². The monoisotopic (exact) mass is 315 g/mol. The second kappa shape index (κ2) is 6.07. The molecule has 0 spiro atoms. The molecule has 0 radical (unpaired) electrons. The Labute approximate surface area is 123 Å². The van der Waals surface area contributed by atoms with Crippen LogP contribution < -0.4 is 4.74 Å². The summed E-state index contributed by atoms with van der Waals surface area (Å²) in [6.45, 7) is 0.147. The van der Waals surface area contributed by atoms with Crippen LogP contribution in [0.5, 0.6) is 5.75 Å². The number of benzene rings is 2. The Morgan fingerprint density at radius 2 is 1.85 bits per heavy atom. The van der Waals surface area contributed by atoms with Gasteiger partial charge >= 0.3 is 5.69 Å². The van der Waals surface area contributed by atoms with Crippen LogP contribution in [-0.4, -0.2) is 4.92 Å². The predicted molar refractivity (Wildman–Crippen MR) is 73.8 cm³/mol. The second-order valence-corrected chi connectivity index (χ2v) is 4.75. The summed E-state index contributed by atoms with van der Waals surface area (Å²) in [6.07, 6.45) is 0. The summed E-state index contributed by atoms with van der Waals surface area (Å²) in [5.41, 5.74) is 0.123. The van der Waals surface area contributed by atoms with Crippen LogP contribution in [0.4, 0.5) is 10.1 Å². The Morgan fingerprint density at radius 1 is 1.20 bits per heavy atom. The maximum Gasteiger partial charge on any atom is 0.306 e. The van der Waals surface area contributed by atoms with Crippen molar-refractivity contribution in [3.63, 3.8) is 0 Å². The molecular formula is C13H8Cl2FNO3. The number of nitro groups is 1. The SMILES string of the molecule is O=[N+]([O-])c1cc(Cl)c(OCc2ccc(Cl)cc2)cc1F. The minimum absolute atomic E-state index is 0.0212. The molecule has 20 heavy (non-hydrogen) atoms. The van der Waals surface area contributed by atoms with Gasteiger partial charge in [-0.05, 0) is 17.7 Å². The van der Waals surface area contributed by atoms with E-state index in [-0.39, 0.29) is 17.4 Å². The first-order valence-corrected chi connectivity index (χ1v) is 6.23. The van der Waals surface area contributed by atoms with E-state index in [1.807, 2.05) is 0 Å². The molecule has 0 bridgehead atoms. The Kier molecular flexibility index (Phi) is 4.42. The molecular weight excluding hydrogens is 308 g/mol. The van der Waals surface area contributed by atoms with Crippen LogP contribution >= 0.6 is 23.2 Å². The molecule has 0 aromatic heterocycles. The van der Waals surface area contributed by atoms with Crippen LogP contribution in [0.3, 0.4) is 0 Å². The van der Waals surface area contributed by atoms with Gasteiger partial charge in [-0.2, -0.15) is 4.39 Å². The Bertz CT molecular complexity index is 647. The number of hydrogen-bond acceptors (Lipinski definition) is 3. The minimum Gasteiger partial charge on any atom is -0.487 e. The van der Waals surface area contributed by atoms with E-state index in [0.29, 0.717) is 5.02 Å². The van der Waals surface area contributed by atoms with Gasteiger partial charge in [-0.15, -0.1) is 0 Å². The van der Waals surface area contributed by atoms with Gasteiger partial charge < -0.3 is 4.74 Å². The molecule has 4 nitrogen and oxygen atoms in total. The average molecular weight is 316 g/mol. The van der Waals surface area contributed by atoms with Crippen LogP contribution in [0.1, 0.15) is 5.56 Å². The summed E-state index contributed by atoms with van der Waals surface area (Å²) in [6, 6.07) is 8.71. The molecule has 0 saturated carbocycles. The number of rotatable bonds is 4. The fourth-order valence-electron chi connectivity index (χ4n) is 1.51. The quantitative estimate of drug-likeness (QED) is 0.611. The zero-order valence-corrected chi connectivity index (χ0v) is 11.5. The number of hydrogen-bond donors (Lipinski definition) is 0. The van der Waals surface area contributed by atoms with E-state index in [2.05, 4.69) is 0 Å². The molecule has 0 saturated heterocycles. The van der Waals surface area contributed by atoms with Gasteiger partial charge in [0.05, 0.1) is 9.95 Å². The molecule has 0 unspecified atom stereocenters. The zero-order chi connectivity index (χ0) is 14.7. The lowest BCUT2D eigenvalue weighted by Gasteiger charge is -2.08. The highest BCUT2D eigenvalue weighted by atomic mass is 35.5. The van der Waals surface area contributed by atoms with Crippen molar-refractivity contribution in [3.05, 3.63) is 67.9 Å². The van der Waals surface area contributed by atoms with Crippen molar-refractivity contribution < 1.29 is 14.1 Å². The number of nitrogens with zero attached hydrogens (tertiary/aromatic N) is 1. The van der Waals surface area contributed by atoms with Crippen LogP contribution in [0, 0.1) is 15.9 Å². The van der Waals surface area contributed by atoms with Crippen molar-refractivity contribution >= 4 is 28.9 Å². The first-order chi connectivity index (χ1) is 9.47. The molecule has 7 heteroatoms. The van der Waals surface area contributed by atoms with E-state index in [4.69, 9.17) is 27.9 Å². The lowest BCUT2D eigenvalue weighted by Crippen LogP contribution is -1.98. The molecule has 2 rings (SSSR count). The molecule has 0 heterocycles. The molecule has 0 aliphatic rings. The second-order valence-electron chi connectivity index (χ2n) is 3.91. The summed E-state index contributed by atoms with van der Waals surface area (Å²) >= 11 is 11.6. The first kappa shape index (κ1) is 14.6. The summed E-state index contributed by atoms with van der Waals surface area (Å²) in [5.74, 6) is -0.949. The van der Waals surface area contributed by atoms with Crippen LogP contribution in [0.15, 0.2) is 36.4 Å².